The summed E-state index contributed by atoms with van der Waals surface area (Å²) in [4.78, 5) is 6.89. The first-order valence-corrected chi connectivity index (χ1v) is 6.27. The van der Waals surface area contributed by atoms with Gasteiger partial charge in [0.2, 0.25) is 5.82 Å². The molecule has 1 atom stereocenters. The quantitative estimate of drug-likeness (QED) is 0.751. The molecule has 20 heavy (non-hydrogen) atoms. The number of nitrogens with zero attached hydrogens (tertiary/aromatic N) is 2. The molecule has 0 aromatic carbocycles. The molecule has 5 nitrogen and oxygen atoms in total. The van der Waals surface area contributed by atoms with Crippen LogP contribution in [0.3, 0.4) is 0 Å². The van der Waals surface area contributed by atoms with E-state index in [2.05, 4.69) is 20.6 Å². The molecule has 1 unspecified atom stereocenters. The molecule has 3 N–H and O–H groups in total. The van der Waals surface area contributed by atoms with Crippen molar-refractivity contribution in [3.63, 3.8) is 0 Å². The van der Waals surface area contributed by atoms with Gasteiger partial charge in [-0.25, -0.2) is 9.97 Å². The van der Waals surface area contributed by atoms with Gasteiger partial charge in [-0.15, -0.1) is 0 Å². The van der Waals surface area contributed by atoms with Crippen LogP contribution in [-0.4, -0.2) is 34.3 Å². The van der Waals surface area contributed by atoms with E-state index in [4.69, 9.17) is 5.11 Å². The molecule has 0 saturated carbocycles. The predicted molar refractivity (Wildman–Crippen MR) is 70.6 cm³/mol. The lowest BCUT2D eigenvalue weighted by Gasteiger charge is -2.30. The van der Waals surface area contributed by atoms with Crippen molar-refractivity contribution in [1.82, 2.24) is 9.97 Å². The Morgan fingerprint density at radius 3 is 2.30 bits per heavy atom. The Morgan fingerprint density at radius 2 is 1.85 bits per heavy atom. The van der Waals surface area contributed by atoms with Crippen LogP contribution in [0, 0.1) is 0 Å². The molecular weight excluding hydrogens is 273 g/mol. The van der Waals surface area contributed by atoms with Gasteiger partial charge in [0.05, 0.1) is 0 Å². The maximum Gasteiger partial charge on any atom is 0.451 e. The highest BCUT2D eigenvalue weighted by molar-refractivity contribution is 5.48. The molecule has 8 heteroatoms. The van der Waals surface area contributed by atoms with Gasteiger partial charge in [-0.05, 0) is 19.8 Å². The highest BCUT2D eigenvalue weighted by Crippen LogP contribution is 2.29. The Balaban J connectivity index is 3.11. The normalized spacial score (nSPS) is 14.8. The fourth-order valence-corrected chi connectivity index (χ4v) is 1.65. The fraction of sp³-hybridized carbons (Fsp3) is 0.667. The molecule has 0 bridgehead atoms. The van der Waals surface area contributed by atoms with E-state index in [1.54, 1.807) is 0 Å². The molecule has 114 valence electrons. The van der Waals surface area contributed by atoms with E-state index >= 15 is 0 Å². The largest absolute Gasteiger partial charge is 0.451 e. The first-order valence-electron chi connectivity index (χ1n) is 6.27. The average Bonchev–Trinajstić information content (AvgIpc) is 2.37. The summed E-state index contributed by atoms with van der Waals surface area (Å²) in [6.45, 7) is 3.64. The molecule has 1 heterocycles. The lowest BCUT2D eigenvalue weighted by molar-refractivity contribution is -0.144. The molecule has 0 aliphatic rings. The number of aliphatic hydroxyl groups is 1. The summed E-state index contributed by atoms with van der Waals surface area (Å²) in [6.07, 6.45) is -3.57. The zero-order valence-electron chi connectivity index (χ0n) is 11.7. The topological polar surface area (TPSA) is 70.1 Å². The molecule has 0 saturated heterocycles. The van der Waals surface area contributed by atoms with Gasteiger partial charge in [-0.2, -0.15) is 13.2 Å². The van der Waals surface area contributed by atoms with Crippen molar-refractivity contribution in [2.45, 2.75) is 38.4 Å². The highest BCUT2D eigenvalue weighted by Gasteiger charge is 2.36. The summed E-state index contributed by atoms with van der Waals surface area (Å²) in [7, 11) is 1.49. The van der Waals surface area contributed by atoms with Gasteiger partial charge in [-0.3, -0.25) is 0 Å². The summed E-state index contributed by atoms with van der Waals surface area (Å²) in [5, 5.41) is 14.5. The molecule has 1 aromatic rings. The Bertz CT molecular complexity index is 453. The second-order valence-electron chi connectivity index (χ2n) is 4.72. The van der Waals surface area contributed by atoms with Gasteiger partial charge in [0.15, 0.2) is 0 Å². The maximum atomic E-state index is 12.7. The Morgan fingerprint density at radius 1 is 1.25 bits per heavy atom. The number of nitrogens with one attached hydrogen (secondary N) is 2. The van der Waals surface area contributed by atoms with Crippen molar-refractivity contribution in [1.29, 1.82) is 0 Å². The molecule has 0 fully saturated rings. The van der Waals surface area contributed by atoms with Gasteiger partial charge in [-0.1, -0.05) is 6.92 Å². The Labute approximate surface area is 115 Å². The summed E-state index contributed by atoms with van der Waals surface area (Å²) in [5.74, 6) is -1.04. The highest BCUT2D eigenvalue weighted by atomic mass is 19.4. The van der Waals surface area contributed by atoms with Gasteiger partial charge >= 0.3 is 6.18 Å². The standard InChI is InChI=1S/C12H19F3N4O/c1-4-11(2,5-6-20)19-9-7-8(16-3)17-10(18-9)12(13,14)15/h7,20H,4-6H2,1-3H3,(H2,16,17,18,19). The minimum Gasteiger partial charge on any atom is -0.396 e. The average molecular weight is 292 g/mol. The number of aliphatic hydroxyl groups excluding tert-OH is 1. The predicted octanol–water partition coefficient (Wildman–Crippen LogP) is 2.50. The second kappa shape index (κ2) is 6.25. The molecule has 0 amide bonds. The Kier molecular flexibility index (Phi) is 5.15. The van der Waals surface area contributed by atoms with Crippen LogP contribution in [0.25, 0.3) is 0 Å². The van der Waals surface area contributed by atoms with Crippen LogP contribution in [0.15, 0.2) is 6.07 Å². The third-order valence-corrected chi connectivity index (χ3v) is 3.11. The van der Waals surface area contributed by atoms with E-state index < -0.39 is 17.5 Å². The van der Waals surface area contributed by atoms with E-state index in [9.17, 15) is 13.2 Å². The van der Waals surface area contributed by atoms with Crippen molar-refractivity contribution in [2.75, 3.05) is 24.3 Å². The summed E-state index contributed by atoms with van der Waals surface area (Å²) in [5.41, 5.74) is -0.531. The lowest BCUT2D eigenvalue weighted by Crippen LogP contribution is -2.35. The number of alkyl halides is 3. The first kappa shape index (κ1) is 16.5. The van der Waals surface area contributed by atoms with E-state index in [-0.39, 0.29) is 18.2 Å². The molecular formula is C12H19F3N4O. The summed E-state index contributed by atoms with van der Waals surface area (Å²) in [6, 6.07) is 1.40. The van der Waals surface area contributed by atoms with Crippen molar-refractivity contribution < 1.29 is 18.3 Å². The summed E-state index contributed by atoms with van der Waals surface area (Å²) < 4.78 is 38.2. The number of anilines is 2. The van der Waals surface area contributed by atoms with Crippen LogP contribution in [-0.2, 0) is 6.18 Å². The minimum atomic E-state index is -4.61. The van der Waals surface area contributed by atoms with Crippen molar-refractivity contribution in [2.24, 2.45) is 0 Å². The number of hydrogen-bond acceptors (Lipinski definition) is 5. The van der Waals surface area contributed by atoms with Crippen LogP contribution in [0.5, 0.6) is 0 Å². The maximum absolute atomic E-state index is 12.7. The van der Waals surface area contributed by atoms with Crippen LogP contribution in [0.4, 0.5) is 24.8 Å². The van der Waals surface area contributed by atoms with Gasteiger partial charge in [0.1, 0.15) is 11.6 Å². The molecule has 0 aliphatic heterocycles. The van der Waals surface area contributed by atoms with Crippen molar-refractivity contribution >= 4 is 11.6 Å². The summed E-state index contributed by atoms with van der Waals surface area (Å²) >= 11 is 0. The Hall–Kier alpha value is -1.57. The zero-order chi connectivity index (χ0) is 15.4. The minimum absolute atomic E-state index is 0.0621. The molecule has 0 aliphatic carbocycles. The molecule has 0 radical (unpaired) electrons. The SMILES string of the molecule is CCC(C)(CCO)Nc1cc(NC)nc(C(F)(F)F)n1. The lowest BCUT2D eigenvalue weighted by atomic mass is 9.95. The molecule has 1 rings (SSSR count). The molecule has 0 spiro atoms. The van der Waals surface area contributed by atoms with Gasteiger partial charge in [0.25, 0.3) is 0 Å². The van der Waals surface area contributed by atoms with Gasteiger partial charge < -0.3 is 15.7 Å². The van der Waals surface area contributed by atoms with Crippen LogP contribution < -0.4 is 10.6 Å². The van der Waals surface area contributed by atoms with Crippen LogP contribution in [0.1, 0.15) is 32.5 Å². The van der Waals surface area contributed by atoms with E-state index in [1.165, 1.54) is 13.1 Å². The van der Waals surface area contributed by atoms with E-state index in [0.717, 1.165) is 0 Å². The second-order valence-corrected chi connectivity index (χ2v) is 4.72. The van der Waals surface area contributed by atoms with Gasteiger partial charge in [0, 0.05) is 25.3 Å². The fourth-order valence-electron chi connectivity index (χ4n) is 1.65. The third-order valence-electron chi connectivity index (χ3n) is 3.11. The van der Waals surface area contributed by atoms with Crippen molar-refractivity contribution in [3.05, 3.63) is 11.9 Å². The number of rotatable bonds is 6. The molecule has 1 aromatic heterocycles. The van der Waals surface area contributed by atoms with E-state index in [1.807, 2.05) is 13.8 Å². The van der Waals surface area contributed by atoms with E-state index in [0.29, 0.717) is 12.8 Å². The number of hydrogen-bond donors (Lipinski definition) is 3. The third kappa shape index (κ3) is 4.22. The number of aromatic nitrogens is 2. The van der Waals surface area contributed by atoms with Crippen LogP contribution in [0.2, 0.25) is 0 Å². The van der Waals surface area contributed by atoms with Crippen molar-refractivity contribution in [3.8, 4) is 0 Å². The smallest absolute Gasteiger partial charge is 0.396 e. The zero-order valence-corrected chi connectivity index (χ0v) is 11.7. The monoisotopic (exact) mass is 292 g/mol. The first-order chi connectivity index (χ1) is 9.24. The van der Waals surface area contributed by atoms with Crippen LogP contribution >= 0.6 is 0 Å². The number of halogens is 3.